The second-order valence-corrected chi connectivity index (χ2v) is 31.4. The van der Waals surface area contributed by atoms with Gasteiger partial charge in [0.25, 0.3) is 0 Å². The lowest BCUT2D eigenvalue weighted by Crippen LogP contribution is -2.49. The van der Waals surface area contributed by atoms with Crippen LogP contribution in [0.2, 0.25) is 39.3 Å². The van der Waals surface area contributed by atoms with Gasteiger partial charge in [0, 0.05) is 41.7 Å². The van der Waals surface area contributed by atoms with Gasteiger partial charge in [0.15, 0.2) is 0 Å². The number of alkyl halides is 6. The normalized spacial score (nSPS) is 16.0. The molecule has 3 fully saturated rings. The van der Waals surface area contributed by atoms with Gasteiger partial charge < -0.3 is 34.5 Å². The third kappa shape index (κ3) is 44.6. The topological polar surface area (TPSA) is 126 Å². The van der Waals surface area contributed by atoms with Crippen molar-refractivity contribution < 1.29 is 60.0 Å². The van der Waals surface area contributed by atoms with Crippen LogP contribution in [0.3, 0.4) is 0 Å². The quantitative estimate of drug-likeness (QED) is 0.0811. The van der Waals surface area contributed by atoms with Gasteiger partial charge in [0.05, 0.1) is 18.1 Å². The van der Waals surface area contributed by atoms with Crippen molar-refractivity contribution in [2.75, 3.05) is 45.9 Å². The van der Waals surface area contributed by atoms with Crippen molar-refractivity contribution in [3.63, 3.8) is 0 Å². The molecule has 3 heterocycles. The van der Waals surface area contributed by atoms with Crippen LogP contribution in [0.15, 0.2) is 53.0 Å². The van der Waals surface area contributed by atoms with Gasteiger partial charge in [-0.3, -0.25) is 4.79 Å². The third-order valence-corrected chi connectivity index (χ3v) is 12.6. The molecule has 0 atom stereocenters. The number of halogens is 10. The number of hydrogen-bond donors (Lipinski definition) is 3. The Hall–Kier alpha value is -1.03. The van der Waals surface area contributed by atoms with Crippen LogP contribution in [-0.2, 0) is 19.1 Å². The highest BCUT2D eigenvalue weighted by Crippen LogP contribution is 2.27. The first kappa shape index (κ1) is 70.2. The number of nitrogens with one attached hydrogen (secondary N) is 2. The van der Waals surface area contributed by atoms with E-state index in [-0.39, 0.29) is 29.5 Å². The van der Waals surface area contributed by atoms with Gasteiger partial charge in [-0.15, -0.1) is 26.3 Å². The van der Waals surface area contributed by atoms with Crippen LogP contribution in [0.5, 0.6) is 11.5 Å². The molecule has 0 bridgehead atoms. The lowest BCUT2D eigenvalue weighted by Gasteiger charge is -2.39. The van der Waals surface area contributed by atoms with Crippen LogP contribution < -0.4 is 20.1 Å². The Morgan fingerprint density at radius 1 is 0.776 bits per heavy atom. The number of aliphatic hydroxyl groups is 1. The van der Waals surface area contributed by atoms with Gasteiger partial charge in [-0.1, -0.05) is 86.3 Å². The van der Waals surface area contributed by atoms with E-state index >= 15 is 0 Å². The molecule has 0 spiro atoms. The molecular weight excluding hydrogens is 1230 g/mol. The summed E-state index contributed by atoms with van der Waals surface area (Å²) < 4.78 is 85.3. The zero-order valence-corrected chi connectivity index (χ0v) is 49.5. The Balaban J connectivity index is -0.000000728. The smallest absolute Gasteiger partial charge is 0.466 e. The first-order valence-corrected chi connectivity index (χ1v) is 37.1. The first-order valence-electron chi connectivity index (χ1n) is 22.1. The average molecular weight is 1310 g/mol. The minimum Gasteiger partial charge on any atom is -0.466 e. The number of rotatable bonds is 7. The number of hydrogen-bond acceptors (Lipinski definition) is 10. The summed E-state index contributed by atoms with van der Waals surface area (Å²) in [7, 11) is -2.10. The van der Waals surface area contributed by atoms with Crippen LogP contribution in [0.1, 0.15) is 78.2 Å². The predicted octanol–water partition coefficient (Wildman–Crippen LogP) is 13.7. The van der Waals surface area contributed by atoms with Gasteiger partial charge in [0.1, 0.15) is 27.1 Å². The molecule has 0 amide bonds. The van der Waals surface area contributed by atoms with E-state index in [0.717, 1.165) is 63.3 Å². The summed E-state index contributed by atoms with van der Waals surface area (Å²) in [4.78, 5) is 27.4. The summed E-state index contributed by atoms with van der Waals surface area (Å²) in [5.74, 6) is 1.25. The van der Waals surface area contributed by atoms with Crippen molar-refractivity contribution >= 4 is 92.0 Å². The summed E-state index contributed by atoms with van der Waals surface area (Å²) in [5, 5.41) is 16.1. The first-order chi connectivity index (χ1) is 30.8. The highest BCUT2D eigenvalue weighted by atomic mass is 128. The van der Waals surface area contributed by atoms with Gasteiger partial charge in [-0.05, 0) is 154 Å². The number of aryl methyl sites for hydroxylation is 1. The van der Waals surface area contributed by atoms with Crippen molar-refractivity contribution in [1.29, 1.82) is 0 Å². The molecule has 390 valence electrons. The standard InChI is InChI=1S/C10H23NSi.C8H7F3O.C8H15NO2.C8H17NO.C7H4BrF3O.C3H9ClSi.CO2.I2/c1-5-10-6-8-11(9-7-10)12(2,3)4;1-6-2-4-7(5-3-6)12-8(9,10)11;1-2-11-8(10)7-3-5-9-6-4-7;1-8(2,10)7-3-5-9-6-4-7;8-5-1-3-6(4-2-5)12-7(9,10)11;1-5(2,3)4;2-1-3;1-2/h10H,5-9H2,1-4H3;2-5H,1H3;7,9H,2-6H2,1H3;7,9-10H,3-6H2,1-2H3;1-4H;1-3H3;;. The molecule has 0 aliphatic carbocycles. The maximum absolute atomic E-state index is 11.6. The van der Waals surface area contributed by atoms with Gasteiger partial charge in [-0.25, -0.2) is 0 Å². The van der Waals surface area contributed by atoms with Crippen molar-refractivity contribution in [3.8, 4) is 11.5 Å². The molecular formula is C45H75BrClF6I2N3O7Si2. The highest BCUT2D eigenvalue weighted by molar-refractivity contribution is 15.0. The van der Waals surface area contributed by atoms with E-state index in [4.69, 9.17) is 25.4 Å². The van der Waals surface area contributed by atoms with E-state index in [1.165, 1.54) is 68.8 Å². The minimum atomic E-state index is -4.62. The molecule has 2 aromatic carbocycles. The lowest BCUT2D eigenvalue weighted by atomic mass is 9.84. The molecule has 0 radical (unpaired) electrons. The van der Waals surface area contributed by atoms with Gasteiger partial charge >= 0.3 is 24.8 Å². The minimum absolute atomic E-state index is 0.0194. The molecule has 3 N–H and O–H groups in total. The van der Waals surface area contributed by atoms with E-state index in [0.29, 0.717) is 17.0 Å². The predicted molar refractivity (Wildman–Crippen MR) is 283 cm³/mol. The van der Waals surface area contributed by atoms with E-state index in [1.54, 1.807) is 19.1 Å². The number of nitrogens with zero attached hydrogens (tertiary/aromatic N) is 1. The highest BCUT2D eigenvalue weighted by Gasteiger charge is 2.32. The molecule has 67 heavy (non-hydrogen) atoms. The fourth-order valence-corrected chi connectivity index (χ4v) is 8.10. The molecule has 3 saturated heterocycles. The van der Waals surface area contributed by atoms with E-state index in [9.17, 15) is 36.2 Å². The Labute approximate surface area is 434 Å². The van der Waals surface area contributed by atoms with E-state index in [2.05, 4.69) is 124 Å². The van der Waals surface area contributed by atoms with Crippen molar-refractivity contribution in [1.82, 2.24) is 15.2 Å². The monoisotopic (exact) mass is 1310 g/mol. The fraction of sp³-hybridized carbons (Fsp3) is 0.689. The summed E-state index contributed by atoms with van der Waals surface area (Å²) in [5.41, 5.74) is 0.423. The van der Waals surface area contributed by atoms with Crippen molar-refractivity contribution in [2.24, 2.45) is 17.8 Å². The SMILES string of the molecule is CC(C)(O)C1CCNCC1.CCC1CCN([Si](C)(C)C)CC1.CCOC(=O)C1CCNCC1.C[Si](C)(C)Cl.Cc1ccc(OC(F)(F)F)cc1.FC(F)(F)Oc1ccc(Br)cc1.II.O=C=O. The van der Waals surface area contributed by atoms with E-state index in [1.807, 2.05) is 20.8 Å². The number of carbonyl (C=O) groups excluding carboxylic acids is 3. The number of ether oxygens (including phenoxy) is 3. The van der Waals surface area contributed by atoms with Crippen LogP contribution in [-0.4, -0.2) is 102 Å². The molecule has 5 rings (SSSR count). The Kier molecular flexibility index (Phi) is 39.5. The third-order valence-electron chi connectivity index (χ3n) is 9.74. The fourth-order valence-electron chi connectivity index (χ4n) is 6.23. The van der Waals surface area contributed by atoms with Crippen molar-refractivity contribution in [2.45, 2.75) is 137 Å². The summed E-state index contributed by atoms with van der Waals surface area (Å²) in [6.45, 7) is 30.7. The van der Waals surface area contributed by atoms with Crippen LogP contribution in [0.4, 0.5) is 26.3 Å². The number of carbonyl (C=O) groups is 1. The molecule has 3 aliphatic heterocycles. The maximum atomic E-state index is 11.6. The van der Waals surface area contributed by atoms with Crippen LogP contribution >= 0.6 is 64.2 Å². The average Bonchev–Trinajstić information content (AvgIpc) is 3.23. The molecule has 22 heteroatoms. The number of benzene rings is 2. The molecule has 0 aromatic heterocycles. The Morgan fingerprint density at radius 2 is 1.13 bits per heavy atom. The lowest BCUT2D eigenvalue weighted by molar-refractivity contribution is -0.275. The number of piperidine rings is 3. The molecule has 2 aromatic rings. The Bertz CT molecular complexity index is 1500. The van der Waals surface area contributed by atoms with E-state index < -0.39 is 33.9 Å². The molecule has 10 nitrogen and oxygen atoms in total. The van der Waals surface area contributed by atoms with Gasteiger partial charge in [-0.2, -0.15) is 20.7 Å². The molecule has 3 aliphatic rings. The van der Waals surface area contributed by atoms with Crippen LogP contribution in [0, 0.1) is 24.7 Å². The summed E-state index contributed by atoms with van der Waals surface area (Å²) >= 11 is 13.0. The second kappa shape index (κ2) is 37.7. The summed E-state index contributed by atoms with van der Waals surface area (Å²) in [6, 6.07) is 11.1. The Morgan fingerprint density at radius 3 is 1.43 bits per heavy atom. The zero-order valence-electron chi connectivity index (χ0n) is 40.9. The zero-order chi connectivity index (χ0) is 52.5. The largest absolute Gasteiger partial charge is 0.573 e. The summed E-state index contributed by atoms with van der Waals surface area (Å²) in [6.07, 6.45) is -0.602. The van der Waals surface area contributed by atoms with Crippen LogP contribution in [0.25, 0.3) is 0 Å². The molecule has 0 saturated carbocycles. The molecule has 0 unspecified atom stereocenters. The van der Waals surface area contributed by atoms with Gasteiger partial charge in [0.2, 0.25) is 0 Å². The van der Waals surface area contributed by atoms with Crippen molar-refractivity contribution in [3.05, 3.63) is 58.6 Å². The second-order valence-electron chi connectivity index (χ2n) is 18.0. The maximum Gasteiger partial charge on any atom is 0.573 e. The number of esters is 1.